The minimum atomic E-state index is 0. The van der Waals surface area contributed by atoms with Gasteiger partial charge in [-0.2, -0.15) is 0 Å². The molecule has 0 spiro atoms. The van der Waals surface area contributed by atoms with E-state index in [-0.39, 0.29) is 12.4 Å². The second kappa shape index (κ2) is 7.66. The van der Waals surface area contributed by atoms with Crippen molar-refractivity contribution in [1.82, 2.24) is 10.3 Å². The predicted octanol–water partition coefficient (Wildman–Crippen LogP) is 3.09. The van der Waals surface area contributed by atoms with Crippen LogP contribution in [0.5, 0.6) is 0 Å². The summed E-state index contributed by atoms with van der Waals surface area (Å²) in [6.07, 6.45) is 4.22. The summed E-state index contributed by atoms with van der Waals surface area (Å²) in [5.74, 6) is 0. The zero-order chi connectivity index (χ0) is 10.4. The Labute approximate surface area is 98.9 Å². The number of rotatable bonds is 5. The molecular weight excluding hydrogens is 208 g/mol. The minimum Gasteiger partial charge on any atom is -0.310 e. The number of pyridine rings is 1. The average Bonchev–Trinajstić information content (AvgIpc) is 2.22. The zero-order valence-corrected chi connectivity index (χ0v) is 10.6. The number of nitrogens with zero attached hydrogens (tertiary/aromatic N) is 1. The van der Waals surface area contributed by atoms with Crippen LogP contribution in [0.25, 0.3) is 0 Å². The van der Waals surface area contributed by atoms with Gasteiger partial charge in [-0.25, -0.2) is 0 Å². The quantitative estimate of drug-likeness (QED) is 0.838. The minimum absolute atomic E-state index is 0. The lowest BCUT2D eigenvalue weighted by Gasteiger charge is -2.15. The van der Waals surface area contributed by atoms with Crippen LogP contribution in [0, 0.1) is 6.92 Å². The standard InChI is InChI=1S/C12H20N2.ClH/c1-4-12(5-2)14-9-11-7-6-8-13-10(11)3;/h6-8,12,14H,4-5,9H2,1-3H3;1H. The first-order chi connectivity index (χ1) is 6.77. The maximum Gasteiger partial charge on any atom is 0.0417 e. The Kier molecular flexibility index (Phi) is 7.35. The van der Waals surface area contributed by atoms with Crippen molar-refractivity contribution in [2.45, 2.75) is 46.2 Å². The first-order valence-corrected chi connectivity index (χ1v) is 5.41. The highest BCUT2D eigenvalue weighted by Gasteiger charge is 2.03. The predicted molar refractivity (Wildman–Crippen MR) is 67.4 cm³/mol. The second-order valence-electron chi connectivity index (χ2n) is 3.64. The maximum absolute atomic E-state index is 4.27. The van der Waals surface area contributed by atoms with E-state index in [1.165, 1.54) is 18.4 Å². The topological polar surface area (TPSA) is 24.9 Å². The SMILES string of the molecule is CCC(CC)NCc1cccnc1C.Cl. The molecule has 0 aromatic carbocycles. The lowest BCUT2D eigenvalue weighted by Crippen LogP contribution is -2.27. The highest BCUT2D eigenvalue weighted by molar-refractivity contribution is 5.85. The van der Waals surface area contributed by atoms with Crippen LogP contribution in [0.4, 0.5) is 0 Å². The Morgan fingerprint density at radius 2 is 2.00 bits per heavy atom. The van der Waals surface area contributed by atoms with Gasteiger partial charge in [0.1, 0.15) is 0 Å². The number of hydrogen-bond acceptors (Lipinski definition) is 2. The van der Waals surface area contributed by atoms with Gasteiger partial charge in [0.2, 0.25) is 0 Å². The molecule has 15 heavy (non-hydrogen) atoms. The summed E-state index contributed by atoms with van der Waals surface area (Å²) in [6, 6.07) is 4.77. The van der Waals surface area contributed by atoms with Crippen LogP contribution in [0.3, 0.4) is 0 Å². The van der Waals surface area contributed by atoms with Gasteiger partial charge in [0, 0.05) is 24.5 Å². The monoisotopic (exact) mass is 228 g/mol. The van der Waals surface area contributed by atoms with E-state index in [4.69, 9.17) is 0 Å². The number of aromatic nitrogens is 1. The smallest absolute Gasteiger partial charge is 0.0417 e. The molecule has 0 bridgehead atoms. The number of aryl methyl sites for hydroxylation is 1. The van der Waals surface area contributed by atoms with Crippen molar-refractivity contribution in [3.05, 3.63) is 29.6 Å². The van der Waals surface area contributed by atoms with E-state index in [9.17, 15) is 0 Å². The van der Waals surface area contributed by atoms with E-state index in [0.29, 0.717) is 6.04 Å². The van der Waals surface area contributed by atoms with Gasteiger partial charge in [0.05, 0.1) is 0 Å². The molecule has 1 heterocycles. The molecule has 3 heteroatoms. The van der Waals surface area contributed by atoms with Gasteiger partial charge in [-0.3, -0.25) is 4.98 Å². The van der Waals surface area contributed by atoms with Gasteiger partial charge in [0.15, 0.2) is 0 Å². The highest BCUT2D eigenvalue weighted by Crippen LogP contribution is 2.05. The molecule has 0 aliphatic carbocycles. The van der Waals surface area contributed by atoms with Gasteiger partial charge in [-0.05, 0) is 31.4 Å². The van der Waals surface area contributed by atoms with Gasteiger partial charge in [-0.15, -0.1) is 12.4 Å². The molecule has 0 aliphatic rings. The van der Waals surface area contributed by atoms with Crippen molar-refractivity contribution in [2.75, 3.05) is 0 Å². The Balaban J connectivity index is 0.00000196. The van der Waals surface area contributed by atoms with Crippen molar-refractivity contribution in [2.24, 2.45) is 0 Å². The van der Waals surface area contributed by atoms with Crippen molar-refractivity contribution in [3.8, 4) is 0 Å². The molecule has 0 saturated heterocycles. The molecule has 1 N–H and O–H groups in total. The first kappa shape index (κ1) is 14.4. The van der Waals surface area contributed by atoms with Crippen molar-refractivity contribution >= 4 is 12.4 Å². The lowest BCUT2D eigenvalue weighted by molar-refractivity contribution is 0.483. The Morgan fingerprint density at radius 1 is 1.33 bits per heavy atom. The summed E-state index contributed by atoms with van der Waals surface area (Å²) in [6.45, 7) is 7.43. The van der Waals surface area contributed by atoms with Crippen molar-refractivity contribution in [1.29, 1.82) is 0 Å². The van der Waals surface area contributed by atoms with Crippen LogP contribution in [-0.4, -0.2) is 11.0 Å². The van der Waals surface area contributed by atoms with E-state index in [1.807, 2.05) is 12.3 Å². The molecule has 0 unspecified atom stereocenters. The maximum atomic E-state index is 4.27. The Bertz CT molecular complexity index is 272. The fraction of sp³-hybridized carbons (Fsp3) is 0.583. The van der Waals surface area contributed by atoms with Gasteiger partial charge < -0.3 is 5.32 Å². The number of nitrogens with one attached hydrogen (secondary N) is 1. The molecule has 0 saturated carbocycles. The van der Waals surface area contributed by atoms with Crippen LogP contribution < -0.4 is 5.32 Å². The number of halogens is 1. The Morgan fingerprint density at radius 3 is 2.53 bits per heavy atom. The van der Waals surface area contributed by atoms with Crippen LogP contribution >= 0.6 is 12.4 Å². The summed E-state index contributed by atoms with van der Waals surface area (Å²) in [7, 11) is 0. The fourth-order valence-electron chi connectivity index (χ4n) is 1.54. The average molecular weight is 229 g/mol. The third kappa shape index (κ3) is 4.63. The highest BCUT2D eigenvalue weighted by atomic mass is 35.5. The van der Waals surface area contributed by atoms with Crippen LogP contribution in [0.1, 0.15) is 37.9 Å². The van der Waals surface area contributed by atoms with Crippen molar-refractivity contribution < 1.29 is 0 Å². The third-order valence-electron chi connectivity index (χ3n) is 2.68. The van der Waals surface area contributed by atoms with E-state index in [2.05, 4.69) is 37.1 Å². The fourth-order valence-corrected chi connectivity index (χ4v) is 1.54. The van der Waals surface area contributed by atoms with Gasteiger partial charge >= 0.3 is 0 Å². The normalized spacial score (nSPS) is 10.1. The Hall–Kier alpha value is -0.600. The largest absolute Gasteiger partial charge is 0.310 e. The molecule has 2 nitrogen and oxygen atoms in total. The van der Waals surface area contributed by atoms with Gasteiger partial charge in [0.25, 0.3) is 0 Å². The summed E-state index contributed by atoms with van der Waals surface area (Å²) in [4.78, 5) is 4.27. The zero-order valence-electron chi connectivity index (χ0n) is 9.79. The molecule has 0 atom stereocenters. The van der Waals surface area contributed by atoms with E-state index < -0.39 is 0 Å². The summed E-state index contributed by atoms with van der Waals surface area (Å²) in [5, 5.41) is 3.54. The summed E-state index contributed by atoms with van der Waals surface area (Å²) < 4.78 is 0. The molecule has 0 fully saturated rings. The second-order valence-corrected chi connectivity index (χ2v) is 3.64. The molecule has 0 radical (unpaired) electrons. The van der Waals surface area contributed by atoms with E-state index in [0.717, 1.165) is 12.2 Å². The van der Waals surface area contributed by atoms with Crippen LogP contribution in [0.15, 0.2) is 18.3 Å². The molecule has 86 valence electrons. The molecule has 0 aliphatic heterocycles. The summed E-state index contributed by atoms with van der Waals surface area (Å²) >= 11 is 0. The molecule has 0 amide bonds. The van der Waals surface area contributed by atoms with Crippen LogP contribution in [-0.2, 0) is 6.54 Å². The molecule has 1 aromatic heterocycles. The lowest BCUT2D eigenvalue weighted by atomic mass is 10.1. The molecule has 1 aromatic rings. The van der Waals surface area contributed by atoms with Gasteiger partial charge in [-0.1, -0.05) is 19.9 Å². The summed E-state index contributed by atoms with van der Waals surface area (Å²) in [5.41, 5.74) is 2.44. The third-order valence-corrected chi connectivity index (χ3v) is 2.68. The molecule has 1 rings (SSSR count). The van der Waals surface area contributed by atoms with E-state index >= 15 is 0 Å². The molecular formula is C12H21ClN2. The number of hydrogen-bond donors (Lipinski definition) is 1. The first-order valence-electron chi connectivity index (χ1n) is 5.41. The van der Waals surface area contributed by atoms with E-state index in [1.54, 1.807) is 0 Å². The van der Waals surface area contributed by atoms with Crippen molar-refractivity contribution in [3.63, 3.8) is 0 Å². The van der Waals surface area contributed by atoms with Crippen LogP contribution in [0.2, 0.25) is 0 Å².